The monoisotopic (exact) mass is 438 g/mol. The van der Waals surface area contributed by atoms with Crippen LogP contribution in [0.25, 0.3) is 10.8 Å². The standard InChI is InChI=1S/C24H23ClN2O2S/c1-17(28)18-8-10-20(11-9-18)26-12-14-27(15-13-26)23(29)16-30-22-7-3-5-19-4-2-6-21(25)24(19)22/h2-11H,12-16H2,1H3. The highest BCUT2D eigenvalue weighted by Crippen LogP contribution is 2.33. The van der Waals surface area contributed by atoms with Crippen molar-refractivity contribution in [1.82, 2.24) is 4.90 Å². The molecule has 0 spiro atoms. The molecule has 0 unspecified atom stereocenters. The van der Waals surface area contributed by atoms with Crippen LogP contribution in [0.5, 0.6) is 0 Å². The lowest BCUT2D eigenvalue weighted by atomic mass is 10.1. The summed E-state index contributed by atoms with van der Waals surface area (Å²) in [6, 6.07) is 19.6. The van der Waals surface area contributed by atoms with E-state index >= 15 is 0 Å². The smallest absolute Gasteiger partial charge is 0.233 e. The molecule has 6 heteroatoms. The molecule has 1 heterocycles. The van der Waals surface area contributed by atoms with Crippen molar-refractivity contribution in [2.75, 3.05) is 36.8 Å². The fourth-order valence-corrected chi connectivity index (χ4v) is 5.08. The van der Waals surface area contributed by atoms with Gasteiger partial charge in [-0.25, -0.2) is 0 Å². The normalized spacial score (nSPS) is 14.2. The van der Waals surface area contributed by atoms with Gasteiger partial charge in [-0.3, -0.25) is 9.59 Å². The predicted molar refractivity (Wildman–Crippen MR) is 125 cm³/mol. The summed E-state index contributed by atoms with van der Waals surface area (Å²) in [4.78, 5) is 29.4. The molecule has 3 aromatic rings. The van der Waals surface area contributed by atoms with Crippen molar-refractivity contribution in [3.05, 3.63) is 71.2 Å². The first-order valence-corrected chi connectivity index (χ1v) is 11.3. The number of thioether (sulfide) groups is 1. The van der Waals surface area contributed by atoms with Crippen molar-refractivity contribution in [3.8, 4) is 0 Å². The number of carbonyl (C=O) groups is 2. The third-order valence-electron chi connectivity index (χ3n) is 5.44. The van der Waals surface area contributed by atoms with E-state index in [1.807, 2.05) is 65.6 Å². The van der Waals surface area contributed by atoms with Crippen LogP contribution in [0.4, 0.5) is 5.69 Å². The van der Waals surface area contributed by atoms with E-state index in [0.717, 1.165) is 40.0 Å². The number of benzene rings is 3. The molecular weight excluding hydrogens is 416 g/mol. The number of piperazine rings is 1. The summed E-state index contributed by atoms with van der Waals surface area (Å²) >= 11 is 7.94. The van der Waals surface area contributed by atoms with E-state index in [-0.39, 0.29) is 11.7 Å². The number of hydrogen-bond acceptors (Lipinski definition) is 4. The summed E-state index contributed by atoms with van der Waals surface area (Å²) in [5, 5.41) is 2.81. The Morgan fingerprint density at radius 2 is 1.60 bits per heavy atom. The number of anilines is 1. The van der Waals surface area contributed by atoms with Gasteiger partial charge in [-0.05, 0) is 48.7 Å². The Morgan fingerprint density at radius 3 is 2.27 bits per heavy atom. The van der Waals surface area contributed by atoms with E-state index in [1.165, 1.54) is 0 Å². The van der Waals surface area contributed by atoms with Gasteiger partial charge in [-0.2, -0.15) is 0 Å². The number of halogens is 1. The highest BCUT2D eigenvalue weighted by Gasteiger charge is 2.21. The van der Waals surface area contributed by atoms with Gasteiger partial charge < -0.3 is 9.80 Å². The summed E-state index contributed by atoms with van der Waals surface area (Å²) in [5.41, 5.74) is 1.81. The molecule has 1 amide bonds. The fraction of sp³-hybridized carbons (Fsp3) is 0.250. The molecule has 0 bridgehead atoms. The Labute approximate surface area is 185 Å². The lowest BCUT2D eigenvalue weighted by molar-refractivity contribution is -0.128. The minimum atomic E-state index is 0.0712. The van der Waals surface area contributed by atoms with Crippen LogP contribution in [0.3, 0.4) is 0 Å². The van der Waals surface area contributed by atoms with Gasteiger partial charge in [0.05, 0.1) is 5.75 Å². The van der Waals surface area contributed by atoms with E-state index in [4.69, 9.17) is 11.6 Å². The average molecular weight is 439 g/mol. The van der Waals surface area contributed by atoms with Crippen LogP contribution in [-0.4, -0.2) is 48.5 Å². The molecule has 154 valence electrons. The largest absolute Gasteiger partial charge is 0.368 e. The van der Waals surface area contributed by atoms with Crippen molar-refractivity contribution in [1.29, 1.82) is 0 Å². The Hall–Kier alpha value is -2.50. The second-order valence-corrected chi connectivity index (χ2v) is 8.78. The van der Waals surface area contributed by atoms with Crippen LogP contribution < -0.4 is 4.90 Å². The molecular formula is C24H23ClN2O2S. The molecule has 1 saturated heterocycles. The van der Waals surface area contributed by atoms with Gasteiger partial charge in [0.15, 0.2) is 5.78 Å². The van der Waals surface area contributed by atoms with Crippen molar-refractivity contribution in [2.45, 2.75) is 11.8 Å². The molecule has 1 aliphatic heterocycles. The lowest BCUT2D eigenvalue weighted by Crippen LogP contribution is -2.49. The van der Waals surface area contributed by atoms with Crippen LogP contribution in [0, 0.1) is 0 Å². The number of fused-ring (bicyclic) bond motifs is 1. The second kappa shape index (κ2) is 9.11. The van der Waals surface area contributed by atoms with Crippen molar-refractivity contribution in [3.63, 3.8) is 0 Å². The second-order valence-electron chi connectivity index (χ2n) is 7.35. The summed E-state index contributed by atoms with van der Waals surface area (Å²) in [5.74, 6) is 0.620. The molecule has 1 aliphatic rings. The maximum atomic E-state index is 12.8. The maximum Gasteiger partial charge on any atom is 0.233 e. The molecule has 4 rings (SSSR count). The number of Topliss-reactive ketones (excluding diaryl/α,β-unsaturated/α-hetero) is 1. The summed E-state index contributed by atoms with van der Waals surface area (Å²) in [7, 11) is 0. The van der Waals surface area contributed by atoms with Gasteiger partial charge in [-0.1, -0.05) is 35.9 Å². The average Bonchev–Trinajstić information content (AvgIpc) is 2.77. The van der Waals surface area contributed by atoms with E-state index < -0.39 is 0 Å². The van der Waals surface area contributed by atoms with Gasteiger partial charge in [0.25, 0.3) is 0 Å². The van der Waals surface area contributed by atoms with Gasteiger partial charge in [0.2, 0.25) is 5.91 Å². The van der Waals surface area contributed by atoms with Gasteiger partial charge in [-0.15, -0.1) is 11.8 Å². The Balaban J connectivity index is 1.34. The number of carbonyl (C=O) groups excluding carboxylic acids is 2. The van der Waals surface area contributed by atoms with Gasteiger partial charge >= 0.3 is 0 Å². The van der Waals surface area contributed by atoms with Crippen molar-refractivity contribution >= 4 is 51.5 Å². The van der Waals surface area contributed by atoms with Gasteiger partial charge in [0.1, 0.15) is 0 Å². The predicted octanol–water partition coefficient (Wildman–Crippen LogP) is 5.14. The van der Waals surface area contributed by atoms with Crippen LogP contribution in [0.1, 0.15) is 17.3 Å². The molecule has 0 aromatic heterocycles. The van der Waals surface area contributed by atoms with E-state index in [2.05, 4.69) is 4.90 Å². The molecule has 3 aromatic carbocycles. The van der Waals surface area contributed by atoms with E-state index in [1.54, 1.807) is 18.7 Å². The zero-order valence-electron chi connectivity index (χ0n) is 16.8. The Kier molecular flexibility index (Phi) is 6.30. The summed E-state index contributed by atoms with van der Waals surface area (Å²) < 4.78 is 0. The lowest BCUT2D eigenvalue weighted by Gasteiger charge is -2.36. The van der Waals surface area contributed by atoms with E-state index in [9.17, 15) is 9.59 Å². The Morgan fingerprint density at radius 1 is 0.933 bits per heavy atom. The van der Waals surface area contributed by atoms with Crippen LogP contribution in [0.2, 0.25) is 5.02 Å². The topological polar surface area (TPSA) is 40.6 Å². The SMILES string of the molecule is CC(=O)c1ccc(N2CCN(C(=O)CSc3cccc4cccc(Cl)c34)CC2)cc1. The molecule has 0 atom stereocenters. The molecule has 30 heavy (non-hydrogen) atoms. The van der Waals surface area contributed by atoms with Crippen molar-refractivity contribution < 1.29 is 9.59 Å². The van der Waals surface area contributed by atoms with Crippen molar-refractivity contribution in [2.24, 2.45) is 0 Å². The molecule has 0 N–H and O–H groups in total. The molecule has 0 radical (unpaired) electrons. The summed E-state index contributed by atoms with van der Waals surface area (Å²) in [6.45, 7) is 4.55. The molecule has 4 nitrogen and oxygen atoms in total. The molecule has 0 aliphatic carbocycles. The zero-order chi connectivity index (χ0) is 21.1. The number of rotatable bonds is 5. The number of hydrogen-bond donors (Lipinski definition) is 0. The third kappa shape index (κ3) is 4.47. The molecule has 1 fully saturated rings. The molecule has 0 saturated carbocycles. The number of ketones is 1. The summed E-state index contributed by atoms with van der Waals surface area (Å²) in [6.07, 6.45) is 0. The quantitative estimate of drug-likeness (QED) is 0.408. The first-order chi connectivity index (χ1) is 14.5. The van der Waals surface area contributed by atoms with Crippen LogP contribution >= 0.6 is 23.4 Å². The maximum absolute atomic E-state index is 12.8. The minimum Gasteiger partial charge on any atom is -0.368 e. The number of nitrogens with zero attached hydrogens (tertiary/aromatic N) is 2. The third-order valence-corrected chi connectivity index (χ3v) is 6.80. The highest BCUT2D eigenvalue weighted by atomic mass is 35.5. The highest BCUT2D eigenvalue weighted by molar-refractivity contribution is 8.00. The fourth-order valence-electron chi connectivity index (χ4n) is 3.73. The van der Waals surface area contributed by atoms with Crippen LogP contribution in [0.15, 0.2) is 65.6 Å². The van der Waals surface area contributed by atoms with Crippen LogP contribution in [-0.2, 0) is 4.79 Å². The van der Waals surface area contributed by atoms with E-state index in [0.29, 0.717) is 23.9 Å². The first kappa shape index (κ1) is 20.8. The number of amides is 1. The first-order valence-electron chi connectivity index (χ1n) is 9.97. The Bertz CT molecular complexity index is 1070. The zero-order valence-corrected chi connectivity index (χ0v) is 18.4. The van der Waals surface area contributed by atoms with Gasteiger partial charge in [0, 0.05) is 52.7 Å². The minimum absolute atomic E-state index is 0.0712.